The van der Waals surface area contributed by atoms with Gasteiger partial charge in [0.2, 0.25) is 5.91 Å². The van der Waals surface area contributed by atoms with Crippen molar-refractivity contribution >= 4 is 5.91 Å². The minimum absolute atomic E-state index is 0.179. The van der Waals surface area contributed by atoms with Gasteiger partial charge in [-0.25, -0.2) is 0 Å². The largest absolute Gasteiger partial charge is 0.356 e. The molecule has 1 amide bonds. The first-order chi connectivity index (χ1) is 10.2. The molecule has 3 heteroatoms. The van der Waals surface area contributed by atoms with Crippen molar-refractivity contribution in [3.8, 4) is 0 Å². The number of nitrogens with one attached hydrogen (secondary N) is 1. The Kier molecular flexibility index (Phi) is 6.24. The van der Waals surface area contributed by atoms with E-state index in [1.807, 2.05) is 6.07 Å². The number of rotatable bonds is 6. The Balaban J connectivity index is 1.78. The maximum absolute atomic E-state index is 12.3. The molecule has 0 unspecified atom stereocenters. The van der Waals surface area contributed by atoms with Gasteiger partial charge < -0.3 is 10.2 Å². The molecular weight excluding hydrogens is 260 g/mol. The van der Waals surface area contributed by atoms with Crippen LogP contribution in [0.15, 0.2) is 30.3 Å². The number of carbonyl (C=O) groups excluding carboxylic acids is 1. The number of hydrogen-bond acceptors (Lipinski definition) is 2. The molecule has 0 spiro atoms. The number of nitrogens with zero attached hydrogens (tertiary/aromatic N) is 1. The van der Waals surface area contributed by atoms with Gasteiger partial charge in [-0.1, -0.05) is 43.7 Å². The second-order valence-corrected chi connectivity index (χ2v) is 6.31. The second-order valence-electron chi connectivity index (χ2n) is 6.31. The fourth-order valence-electron chi connectivity index (χ4n) is 3.08. The molecule has 3 nitrogen and oxygen atoms in total. The van der Waals surface area contributed by atoms with E-state index in [0.29, 0.717) is 5.92 Å². The molecule has 1 N–H and O–H groups in total. The van der Waals surface area contributed by atoms with Crippen molar-refractivity contribution in [2.75, 3.05) is 26.7 Å². The Bertz CT molecular complexity index is 432. The van der Waals surface area contributed by atoms with Crippen molar-refractivity contribution < 1.29 is 4.79 Å². The van der Waals surface area contributed by atoms with E-state index in [4.69, 9.17) is 0 Å². The van der Waals surface area contributed by atoms with Crippen LogP contribution in [0.3, 0.4) is 0 Å². The lowest BCUT2D eigenvalue weighted by molar-refractivity contribution is -0.126. The fourth-order valence-corrected chi connectivity index (χ4v) is 3.08. The molecule has 21 heavy (non-hydrogen) atoms. The first-order valence-corrected chi connectivity index (χ1v) is 8.19. The summed E-state index contributed by atoms with van der Waals surface area (Å²) in [5, 5.41) is 3.18. The van der Waals surface area contributed by atoms with Crippen LogP contribution in [0.1, 0.15) is 31.7 Å². The van der Waals surface area contributed by atoms with Gasteiger partial charge in [-0.3, -0.25) is 4.79 Å². The predicted octanol–water partition coefficient (Wildman–Crippen LogP) is 2.71. The van der Waals surface area contributed by atoms with E-state index in [9.17, 15) is 4.79 Å². The summed E-state index contributed by atoms with van der Waals surface area (Å²) < 4.78 is 0. The van der Waals surface area contributed by atoms with Crippen molar-refractivity contribution in [1.29, 1.82) is 0 Å². The van der Waals surface area contributed by atoms with Crippen molar-refractivity contribution in [2.45, 2.75) is 32.6 Å². The lowest BCUT2D eigenvalue weighted by Crippen LogP contribution is -2.42. The number of piperidine rings is 1. The molecule has 0 saturated carbocycles. The van der Waals surface area contributed by atoms with Gasteiger partial charge in [0, 0.05) is 13.1 Å². The van der Waals surface area contributed by atoms with Crippen molar-refractivity contribution in [2.24, 2.45) is 11.8 Å². The van der Waals surface area contributed by atoms with Crippen molar-refractivity contribution in [1.82, 2.24) is 10.2 Å². The van der Waals surface area contributed by atoms with Crippen LogP contribution >= 0.6 is 0 Å². The third-order valence-electron chi connectivity index (χ3n) is 4.50. The first-order valence-electron chi connectivity index (χ1n) is 8.19. The number of likely N-dealkylation sites (tertiary alicyclic amines) is 1. The van der Waals surface area contributed by atoms with Gasteiger partial charge in [-0.15, -0.1) is 0 Å². The van der Waals surface area contributed by atoms with Crippen LogP contribution in [0.5, 0.6) is 0 Å². The van der Waals surface area contributed by atoms with Crippen LogP contribution in [-0.2, 0) is 11.2 Å². The molecule has 0 bridgehead atoms. The first kappa shape index (κ1) is 16.0. The summed E-state index contributed by atoms with van der Waals surface area (Å²) >= 11 is 0. The normalized spacial score (nSPS) is 21.0. The summed E-state index contributed by atoms with van der Waals surface area (Å²) in [7, 11) is 2.10. The molecule has 1 heterocycles. The van der Waals surface area contributed by atoms with Crippen LogP contribution in [-0.4, -0.2) is 37.5 Å². The molecular formula is C18H28N2O. The highest BCUT2D eigenvalue weighted by Gasteiger charge is 2.24. The number of hydrogen-bond donors (Lipinski definition) is 1. The van der Waals surface area contributed by atoms with Gasteiger partial charge in [0.1, 0.15) is 0 Å². The van der Waals surface area contributed by atoms with Crippen LogP contribution in [0.4, 0.5) is 0 Å². The minimum Gasteiger partial charge on any atom is -0.356 e. The fraction of sp³-hybridized carbons (Fsp3) is 0.611. The Morgan fingerprint density at radius 1 is 1.38 bits per heavy atom. The maximum Gasteiger partial charge on any atom is 0.224 e. The summed E-state index contributed by atoms with van der Waals surface area (Å²) in [5.74, 6) is 0.948. The lowest BCUT2D eigenvalue weighted by atomic mass is 9.95. The molecule has 2 atom stereocenters. The van der Waals surface area contributed by atoms with Crippen molar-refractivity contribution in [3.63, 3.8) is 0 Å². The highest BCUT2D eigenvalue weighted by atomic mass is 16.1. The van der Waals surface area contributed by atoms with E-state index < -0.39 is 0 Å². The summed E-state index contributed by atoms with van der Waals surface area (Å²) in [5.41, 5.74) is 1.36. The second kappa shape index (κ2) is 8.18. The third kappa shape index (κ3) is 5.16. The van der Waals surface area contributed by atoms with Crippen LogP contribution in [0.2, 0.25) is 0 Å². The Morgan fingerprint density at radius 2 is 2.14 bits per heavy atom. The van der Waals surface area contributed by atoms with E-state index in [1.54, 1.807) is 0 Å². The van der Waals surface area contributed by atoms with Crippen LogP contribution < -0.4 is 5.32 Å². The third-order valence-corrected chi connectivity index (χ3v) is 4.50. The van der Waals surface area contributed by atoms with Gasteiger partial charge >= 0.3 is 0 Å². The molecule has 0 radical (unpaired) electrons. The summed E-state index contributed by atoms with van der Waals surface area (Å²) in [4.78, 5) is 14.5. The van der Waals surface area contributed by atoms with E-state index in [2.05, 4.69) is 48.5 Å². The molecule has 2 rings (SSSR count). The molecule has 116 valence electrons. The number of carbonyl (C=O) groups is 1. The van der Waals surface area contributed by atoms with E-state index in [-0.39, 0.29) is 11.8 Å². The zero-order chi connectivity index (χ0) is 15.1. The standard InChI is InChI=1S/C18H28N2O/c1-3-15(12-16-8-5-4-6-9-16)13-19-18(21)17-10-7-11-20(2)14-17/h4-6,8-9,15,17H,3,7,10-14H2,1-2H3,(H,19,21)/t15-,17-/m1/s1. The monoisotopic (exact) mass is 288 g/mol. The zero-order valence-electron chi connectivity index (χ0n) is 13.3. The van der Waals surface area contributed by atoms with Crippen LogP contribution in [0, 0.1) is 11.8 Å². The predicted molar refractivity (Wildman–Crippen MR) is 87.2 cm³/mol. The molecule has 1 fully saturated rings. The van der Waals surface area contributed by atoms with Gasteiger partial charge in [-0.2, -0.15) is 0 Å². The van der Waals surface area contributed by atoms with Gasteiger partial charge in [0.05, 0.1) is 5.92 Å². The molecule has 1 aliphatic rings. The highest BCUT2D eigenvalue weighted by molar-refractivity contribution is 5.78. The Hall–Kier alpha value is -1.35. The SMILES string of the molecule is CC[C@@H](CNC(=O)[C@@H]1CCCN(C)C1)Cc1ccccc1. The van der Waals surface area contributed by atoms with Gasteiger partial charge in [0.25, 0.3) is 0 Å². The van der Waals surface area contributed by atoms with E-state index in [1.165, 1.54) is 5.56 Å². The average Bonchev–Trinajstić information content (AvgIpc) is 2.52. The zero-order valence-corrected chi connectivity index (χ0v) is 13.3. The lowest BCUT2D eigenvalue weighted by Gasteiger charge is -2.29. The molecule has 0 aromatic heterocycles. The summed E-state index contributed by atoms with van der Waals surface area (Å²) in [6.45, 7) is 5.02. The Morgan fingerprint density at radius 3 is 2.81 bits per heavy atom. The smallest absolute Gasteiger partial charge is 0.224 e. The summed E-state index contributed by atoms with van der Waals surface area (Å²) in [6, 6.07) is 10.5. The summed E-state index contributed by atoms with van der Waals surface area (Å²) in [6.07, 6.45) is 4.31. The topological polar surface area (TPSA) is 32.3 Å². The quantitative estimate of drug-likeness (QED) is 0.873. The number of benzene rings is 1. The van der Waals surface area contributed by atoms with E-state index >= 15 is 0 Å². The molecule has 1 aromatic carbocycles. The van der Waals surface area contributed by atoms with E-state index in [0.717, 1.165) is 45.3 Å². The molecule has 1 saturated heterocycles. The Labute approximate surface area is 128 Å². The maximum atomic E-state index is 12.3. The molecule has 0 aliphatic carbocycles. The molecule has 1 aliphatic heterocycles. The van der Waals surface area contributed by atoms with Crippen LogP contribution in [0.25, 0.3) is 0 Å². The average molecular weight is 288 g/mol. The number of amides is 1. The molecule has 1 aromatic rings. The minimum atomic E-state index is 0.179. The van der Waals surface area contributed by atoms with Crippen molar-refractivity contribution in [3.05, 3.63) is 35.9 Å². The van der Waals surface area contributed by atoms with Gasteiger partial charge in [0.15, 0.2) is 0 Å². The highest BCUT2D eigenvalue weighted by Crippen LogP contribution is 2.16. The van der Waals surface area contributed by atoms with Gasteiger partial charge in [-0.05, 0) is 44.3 Å².